The van der Waals surface area contributed by atoms with Crippen LogP contribution in [-0.4, -0.2) is 11.9 Å². The van der Waals surface area contributed by atoms with E-state index in [-0.39, 0.29) is 11.5 Å². The molecule has 0 spiro atoms. The second-order valence-corrected chi connectivity index (χ2v) is 4.65. The number of nitrogen functional groups attached to an aromatic ring is 1. The van der Waals surface area contributed by atoms with E-state index in [4.69, 9.17) is 5.73 Å². The fourth-order valence-electron chi connectivity index (χ4n) is 1.94. The van der Waals surface area contributed by atoms with Gasteiger partial charge in [-0.1, -0.05) is 18.2 Å². The van der Waals surface area contributed by atoms with Crippen molar-refractivity contribution in [1.29, 1.82) is 0 Å². The van der Waals surface area contributed by atoms with Crippen LogP contribution in [0.4, 0.5) is 14.5 Å². The van der Waals surface area contributed by atoms with Crippen molar-refractivity contribution in [3.8, 4) is 0 Å². The molecule has 0 saturated heterocycles. The largest absolute Gasteiger partial charge is 0.396 e. The molecule has 0 amide bonds. The Labute approximate surface area is 111 Å². The summed E-state index contributed by atoms with van der Waals surface area (Å²) in [6.07, 6.45) is 0. The van der Waals surface area contributed by atoms with Crippen LogP contribution in [0.15, 0.2) is 42.5 Å². The van der Waals surface area contributed by atoms with Gasteiger partial charge in [-0.25, -0.2) is 8.78 Å². The van der Waals surface area contributed by atoms with Gasteiger partial charge in [0, 0.05) is 13.1 Å². The number of halogens is 2. The van der Waals surface area contributed by atoms with Crippen molar-refractivity contribution in [3.05, 3.63) is 65.2 Å². The lowest BCUT2D eigenvalue weighted by molar-refractivity contribution is 0.318. The fourth-order valence-corrected chi connectivity index (χ4v) is 1.94. The number of rotatable bonds is 4. The second-order valence-electron chi connectivity index (χ2n) is 4.65. The van der Waals surface area contributed by atoms with Gasteiger partial charge in [0.05, 0.1) is 5.69 Å². The Bertz CT molecular complexity index is 553. The van der Waals surface area contributed by atoms with Gasteiger partial charge in [-0.3, -0.25) is 4.90 Å². The Balaban J connectivity index is 1.98. The third-order valence-electron chi connectivity index (χ3n) is 2.88. The van der Waals surface area contributed by atoms with Crippen molar-refractivity contribution < 1.29 is 8.78 Å². The lowest BCUT2D eigenvalue weighted by Gasteiger charge is -2.17. The van der Waals surface area contributed by atoms with Crippen LogP contribution in [0.3, 0.4) is 0 Å². The zero-order valence-corrected chi connectivity index (χ0v) is 10.7. The Hall–Kier alpha value is -1.94. The van der Waals surface area contributed by atoms with Crippen molar-refractivity contribution in [2.75, 3.05) is 12.8 Å². The van der Waals surface area contributed by atoms with Crippen LogP contribution < -0.4 is 5.73 Å². The molecule has 0 bridgehead atoms. The molecule has 2 nitrogen and oxygen atoms in total. The third-order valence-corrected chi connectivity index (χ3v) is 2.88. The predicted octanol–water partition coefficient (Wildman–Crippen LogP) is 3.18. The maximum Gasteiger partial charge on any atom is 0.146 e. The van der Waals surface area contributed by atoms with Gasteiger partial charge in [0.2, 0.25) is 0 Å². The zero-order valence-electron chi connectivity index (χ0n) is 10.7. The van der Waals surface area contributed by atoms with Crippen LogP contribution in [-0.2, 0) is 13.1 Å². The zero-order chi connectivity index (χ0) is 13.8. The van der Waals surface area contributed by atoms with Crippen LogP contribution in [0.5, 0.6) is 0 Å². The topological polar surface area (TPSA) is 29.3 Å². The molecule has 0 saturated carbocycles. The molecule has 100 valence electrons. The molecule has 19 heavy (non-hydrogen) atoms. The Morgan fingerprint density at radius 3 is 2.16 bits per heavy atom. The molecular weight excluding hydrogens is 246 g/mol. The van der Waals surface area contributed by atoms with Crippen LogP contribution in [0.1, 0.15) is 11.1 Å². The lowest BCUT2D eigenvalue weighted by atomic mass is 10.1. The summed E-state index contributed by atoms with van der Waals surface area (Å²) in [6.45, 7) is 1.28. The van der Waals surface area contributed by atoms with Gasteiger partial charge >= 0.3 is 0 Å². The van der Waals surface area contributed by atoms with E-state index in [1.807, 2.05) is 11.9 Å². The van der Waals surface area contributed by atoms with E-state index >= 15 is 0 Å². The highest BCUT2D eigenvalue weighted by Crippen LogP contribution is 2.14. The molecule has 0 aliphatic rings. The lowest BCUT2D eigenvalue weighted by Crippen LogP contribution is -2.17. The van der Waals surface area contributed by atoms with Crippen molar-refractivity contribution in [1.82, 2.24) is 4.90 Å². The van der Waals surface area contributed by atoms with Gasteiger partial charge in [-0.2, -0.15) is 0 Å². The minimum Gasteiger partial charge on any atom is -0.396 e. The van der Waals surface area contributed by atoms with Crippen molar-refractivity contribution >= 4 is 5.69 Å². The Kier molecular flexibility index (Phi) is 4.12. The molecule has 0 unspecified atom stereocenters. The number of nitrogens with zero attached hydrogens (tertiary/aromatic N) is 1. The minimum absolute atomic E-state index is 0.157. The maximum absolute atomic E-state index is 13.3. The van der Waals surface area contributed by atoms with Crippen LogP contribution in [0.2, 0.25) is 0 Å². The molecule has 4 heteroatoms. The summed E-state index contributed by atoms with van der Waals surface area (Å²) in [5, 5.41) is 0. The van der Waals surface area contributed by atoms with Crippen molar-refractivity contribution in [2.45, 2.75) is 13.1 Å². The number of benzene rings is 2. The average molecular weight is 262 g/mol. The molecule has 0 aromatic heterocycles. The van der Waals surface area contributed by atoms with Gasteiger partial charge in [0.1, 0.15) is 11.6 Å². The van der Waals surface area contributed by atoms with Crippen LogP contribution in [0.25, 0.3) is 0 Å². The summed E-state index contributed by atoms with van der Waals surface area (Å²) in [7, 11) is 1.93. The van der Waals surface area contributed by atoms with Gasteiger partial charge in [-0.05, 0) is 42.4 Å². The average Bonchev–Trinajstić information content (AvgIpc) is 2.37. The highest BCUT2D eigenvalue weighted by molar-refractivity contribution is 5.41. The molecular formula is C15H16F2N2. The van der Waals surface area contributed by atoms with E-state index in [0.29, 0.717) is 13.1 Å². The first-order valence-corrected chi connectivity index (χ1v) is 6.01. The molecule has 0 fully saturated rings. The van der Waals surface area contributed by atoms with E-state index in [9.17, 15) is 8.78 Å². The number of anilines is 1. The fraction of sp³-hybridized carbons (Fsp3) is 0.200. The quantitative estimate of drug-likeness (QED) is 0.857. The maximum atomic E-state index is 13.3. The van der Waals surface area contributed by atoms with Crippen molar-refractivity contribution in [3.63, 3.8) is 0 Å². The van der Waals surface area contributed by atoms with Gasteiger partial charge in [0.25, 0.3) is 0 Å². The number of hydrogen-bond acceptors (Lipinski definition) is 2. The summed E-state index contributed by atoms with van der Waals surface area (Å²) in [5.74, 6) is -0.639. The van der Waals surface area contributed by atoms with Gasteiger partial charge in [-0.15, -0.1) is 0 Å². The Morgan fingerprint density at radius 2 is 1.53 bits per heavy atom. The van der Waals surface area contributed by atoms with Gasteiger partial charge in [0.15, 0.2) is 0 Å². The highest BCUT2D eigenvalue weighted by Gasteiger charge is 2.05. The predicted molar refractivity (Wildman–Crippen MR) is 72.4 cm³/mol. The van der Waals surface area contributed by atoms with Crippen molar-refractivity contribution in [2.24, 2.45) is 0 Å². The molecule has 0 atom stereocenters. The first-order valence-electron chi connectivity index (χ1n) is 6.01. The van der Waals surface area contributed by atoms with E-state index in [1.165, 1.54) is 18.2 Å². The van der Waals surface area contributed by atoms with E-state index in [1.54, 1.807) is 24.3 Å². The van der Waals surface area contributed by atoms with Crippen LogP contribution >= 0.6 is 0 Å². The van der Waals surface area contributed by atoms with E-state index in [0.717, 1.165) is 11.1 Å². The molecule has 2 aromatic rings. The Morgan fingerprint density at radius 1 is 0.947 bits per heavy atom. The number of nitrogens with two attached hydrogens (primary N) is 1. The third kappa shape index (κ3) is 3.76. The molecule has 0 aliphatic heterocycles. The van der Waals surface area contributed by atoms with Gasteiger partial charge < -0.3 is 5.73 Å². The van der Waals surface area contributed by atoms with E-state index in [2.05, 4.69) is 0 Å². The summed E-state index contributed by atoms with van der Waals surface area (Å²) in [4.78, 5) is 2.03. The normalized spacial score (nSPS) is 10.9. The highest BCUT2D eigenvalue weighted by atomic mass is 19.1. The summed E-state index contributed by atoms with van der Waals surface area (Å²) >= 11 is 0. The smallest absolute Gasteiger partial charge is 0.146 e. The standard InChI is InChI=1S/C15H16F2N2/c1-19(9-11-2-5-13(16)6-3-11)10-12-4-7-15(18)14(17)8-12/h2-8H,9-10,18H2,1H3. The summed E-state index contributed by atoms with van der Waals surface area (Å²) in [5.41, 5.74) is 7.46. The van der Waals surface area contributed by atoms with Crippen LogP contribution in [0, 0.1) is 11.6 Å². The van der Waals surface area contributed by atoms with E-state index < -0.39 is 5.82 Å². The first kappa shape index (κ1) is 13.5. The molecule has 2 N–H and O–H groups in total. The number of hydrogen-bond donors (Lipinski definition) is 1. The molecule has 0 heterocycles. The SMILES string of the molecule is CN(Cc1ccc(F)cc1)Cc1ccc(N)c(F)c1. The molecule has 0 aliphatic carbocycles. The molecule has 2 rings (SSSR count). The summed E-state index contributed by atoms with van der Waals surface area (Å²) < 4.78 is 26.1. The monoisotopic (exact) mass is 262 g/mol. The molecule has 0 radical (unpaired) electrons. The summed E-state index contributed by atoms with van der Waals surface area (Å²) in [6, 6.07) is 11.2. The second kappa shape index (κ2) is 5.80. The minimum atomic E-state index is -0.396. The first-order chi connectivity index (χ1) is 9.04. The molecule has 2 aromatic carbocycles.